The summed E-state index contributed by atoms with van der Waals surface area (Å²) >= 11 is 13.3. The lowest BCUT2D eigenvalue weighted by Gasteiger charge is -2.06. The number of aromatic nitrogens is 2. The van der Waals surface area contributed by atoms with E-state index in [9.17, 15) is 9.59 Å². The minimum absolute atomic E-state index is 0.0631. The summed E-state index contributed by atoms with van der Waals surface area (Å²) in [5, 5.41) is 2.78. The molecule has 0 bridgehead atoms. The second-order valence-corrected chi connectivity index (χ2v) is 6.15. The fraction of sp³-hybridized carbons (Fsp3) is 0.0714. The van der Waals surface area contributed by atoms with E-state index in [1.165, 1.54) is 34.4 Å². The maximum Gasteiger partial charge on any atom is 0.261 e. The number of thiophene rings is 1. The summed E-state index contributed by atoms with van der Waals surface area (Å²) in [5.74, 6) is -0.138. The second kappa shape index (κ2) is 5.60. The monoisotopic (exact) mass is 338 g/mol. The number of halogens is 2. The Morgan fingerprint density at radius 2 is 2.14 bits per heavy atom. The minimum Gasteiger partial charge on any atom is -0.291 e. The molecule has 0 aliphatic rings. The first-order chi connectivity index (χ1) is 10.1. The standard InChI is InChI=1S/C14H8Cl2N2O2S/c15-8-4-9-13(10(16)5-8)17-7-18(14(9)20)6-11(19)12-2-1-3-21-12/h1-5,7H,6H2. The molecule has 7 heteroatoms. The molecule has 0 aliphatic heterocycles. The van der Waals surface area contributed by atoms with E-state index < -0.39 is 0 Å². The van der Waals surface area contributed by atoms with Crippen LogP contribution in [0.3, 0.4) is 0 Å². The first-order valence-electron chi connectivity index (χ1n) is 5.97. The van der Waals surface area contributed by atoms with Gasteiger partial charge in [0.1, 0.15) is 0 Å². The van der Waals surface area contributed by atoms with Gasteiger partial charge in [0.05, 0.1) is 33.7 Å². The molecule has 0 saturated heterocycles. The first-order valence-corrected chi connectivity index (χ1v) is 7.61. The third kappa shape index (κ3) is 2.72. The molecule has 106 valence electrons. The van der Waals surface area contributed by atoms with Gasteiger partial charge in [-0.25, -0.2) is 4.98 Å². The van der Waals surface area contributed by atoms with Gasteiger partial charge in [-0.15, -0.1) is 11.3 Å². The van der Waals surface area contributed by atoms with Gasteiger partial charge in [0.25, 0.3) is 5.56 Å². The number of ketones is 1. The zero-order chi connectivity index (χ0) is 15.0. The van der Waals surface area contributed by atoms with E-state index in [0.717, 1.165) is 0 Å². The molecule has 0 fully saturated rings. The Hall–Kier alpha value is -1.69. The van der Waals surface area contributed by atoms with Crippen LogP contribution in [0.1, 0.15) is 9.67 Å². The number of benzene rings is 1. The van der Waals surface area contributed by atoms with Crippen molar-refractivity contribution in [3.05, 3.63) is 61.2 Å². The number of carbonyl (C=O) groups is 1. The second-order valence-electron chi connectivity index (χ2n) is 4.36. The highest BCUT2D eigenvalue weighted by Crippen LogP contribution is 2.24. The van der Waals surface area contributed by atoms with Gasteiger partial charge in [0.15, 0.2) is 5.78 Å². The average Bonchev–Trinajstić information content (AvgIpc) is 2.96. The van der Waals surface area contributed by atoms with Gasteiger partial charge in [-0.2, -0.15) is 0 Å². The quantitative estimate of drug-likeness (QED) is 0.685. The molecule has 0 atom stereocenters. The van der Waals surface area contributed by atoms with Gasteiger partial charge >= 0.3 is 0 Å². The van der Waals surface area contributed by atoms with Crippen molar-refractivity contribution in [1.82, 2.24) is 9.55 Å². The van der Waals surface area contributed by atoms with Crippen LogP contribution in [0.25, 0.3) is 10.9 Å². The number of Topliss-reactive ketones (excluding diaryl/α,β-unsaturated/α-hetero) is 1. The molecule has 21 heavy (non-hydrogen) atoms. The Labute approximate surface area is 133 Å². The summed E-state index contributed by atoms with van der Waals surface area (Å²) < 4.78 is 1.26. The number of fused-ring (bicyclic) bond motifs is 1. The Balaban J connectivity index is 2.07. The van der Waals surface area contributed by atoms with Gasteiger partial charge in [-0.05, 0) is 23.6 Å². The third-order valence-corrected chi connectivity index (χ3v) is 4.37. The number of hydrogen-bond donors (Lipinski definition) is 0. The van der Waals surface area contributed by atoms with Crippen LogP contribution in [-0.4, -0.2) is 15.3 Å². The van der Waals surface area contributed by atoms with E-state index in [2.05, 4.69) is 4.98 Å². The van der Waals surface area contributed by atoms with Crippen molar-refractivity contribution in [1.29, 1.82) is 0 Å². The van der Waals surface area contributed by atoms with Crippen molar-refractivity contribution in [2.45, 2.75) is 6.54 Å². The molecule has 3 aromatic rings. The van der Waals surface area contributed by atoms with Gasteiger partial charge in [0, 0.05) is 5.02 Å². The topological polar surface area (TPSA) is 52.0 Å². The van der Waals surface area contributed by atoms with Crippen LogP contribution in [0.2, 0.25) is 10.0 Å². The summed E-state index contributed by atoms with van der Waals surface area (Å²) in [5.41, 5.74) is 0.0418. The lowest BCUT2D eigenvalue weighted by molar-refractivity contribution is 0.0974. The SMILES string of the molecule is O=C(Cn1cnc2c(Cl)cc(Cl)cc2c1=O)c1cccs1. The molecule has 0 radical (unpaired) electrons. The molecule has 3 rings (SSSR count). The van der Waals surface area contributed by atoms with Crippen LogP contribution in [0.15, 0.2) is 40.8 Å². The molecule has 1 aromatic carbocycles. The van der Waals surface area contributed by atoms with Crippen LogP contribution in [0.5, 0.6) is 0 Å². The van der Waals surface area contributed by atoms with Crippen molar-refractivity contribution in [2.24, 2.45) is 0 Å². The minimum atomic E-state index is -0.339. The predicted octanol–water partition coefficient (Wildman–Crippen LogP) is 3.65. The van der Waals surface area contributed by atoms with Crippen molar-refractivity contribution in [2.75, 3.05) is 0 Å². The fourth-order valence-electron chi connectivity index (χ4n) is 1.98. The maximum absolute atomic E-state index is 12.4. The van der Waals surface area contributed by atoms with E-state index in [1.54, 1.807) is 12.1 Å². The van der Waals surface area contributed by atoms with E-state index >= 15 is 0 Å². The molecule has 0 unspecified atom stereocenters. The van der Waals surface area contributed by atoms with Crippen molar-refractivity contribution < 1.29 is 4.79 Å². The third-order valence-electron chi connectivity index (χ3n) is 2.96. The normalized spacial score (nSPS) is 11.0. The molecule has 0 saturated carbocycles. The maximum atomic E-state index is 12.4. The zero-order valence-electron chi connectivity index (χ0n) is 10.5. The van der Waals surface area contributed by atoms with Crippen LogP contribution in [0.4, 0.5) is 0 Å². The van der Waals surface area contributed by atoms with Gasteiger partial charge < -0.3 is 0 Å². The summed E-state index contributed by atoms with van der Waals surface area (Å²) in [6, 6.07) is 6.54. The highest BCUT2D eigenvalue weighted by molar-refractivity contribution is 7.12. The predicted molar refractivity (Wildman–Crippen MR) is 84.7 cm³/mol. The Bertz CT molecular complexity index is 888. The van der Waals surface area contributed by atoms with E-state index in [1.807, 2.05) is 5.38 Å². The Morgan fingerprint density at radius 3 is 2.86 bits per heavy atom. The largest absolute Gasteiger partial charge is 0.291 e. The first kappa shape index (κ1) is 14.3. The highest BCUT2D eigenvalue weighted by Gasteiger charge is 2.12. The molecule has 2 aromatic heterocycles. The van der Waals surface area contributed by atoms with Gasteiger partial charge in [-0.3, -0.25) is 14.2 Å². The van der Waals surface area contributed by atoms with Crippen LogP contribution in [0, 0.1) is 0 Å². The molecule has 4 nitrogen and oxygen atoms in total. The molecule has 0 spiro atoms. The molecule has 0 aliphatic carbocycles. The van der Waals surface area contributed by atoms with Gasteiger partial charge in [-0.1, -0.05) is 29.3 Å². The van der Waals surface area contributed by atoms with Crippen LogP contribution in [-0.2, 0) is 6.54 Å². The van der Waals surface area contributed by atoms with Crippen LogP contribution >= 0.6 is 34.5 Å². The molecular weight excluding hydrogens is 331 g/mol. The van der Waals surface area contributed by atoms with Crippen LogP contribution < -0.4 is 5.56 Å². The summed E-state index contributed by atoms with van der Waals surface area (Å²) in [6.45, 7) is -0.0631. The van der Waals surface area contributed by atoms with Crippen molar-refractivity contribution in [3.8, 4) is 0 Å². The lowest BCUT2D eigenvalue weighted by atomic mass is 10.2. The van der Waals surface area contributed by atoms with E-state index in [-0.39, 0.29) is 17.9 Å². The summed E-state index contributed by atoms with van der Waals surface area (Å²) in [4.78, 5) is 29.2. The fourth-order valence-corrected chi connectivity index (χ4v) is 3.18. The molecule has 0 N–H and O–H groups in total. The number of nitrogens with zero attached hydrogens (tertiary/aromatic N) is 2. The lowest BCUT2D eigenvalue weighted by Crippen LogP contribution is -2.24. The summed E-state index contributed by atoms with van der Waals surface area (Å²) in [7, 11) is 0. The van der Waals surface area contributed by atoms with E-state index in [4.69, 9.17) is 23.2 Å². The van der Waals surface area contributed by atoms with Gasteiger partial charge in [0.2, 0.25) is 0 Å². The summed E-state index contributed by atoms with van der Waals surface area (Å²) in [6.07, 6.45) is 1.33. The number of carbonyl (C=O) groups excluding carboxylic acids is 1. The zero-order valence-corrected chi connectivity index (χ0v) is 12.9. The Morgan fingerprint density at radius 1 is 1.33 bits per heavy atom. The number of hydrogen-bond acceptors (Lipinski definition) is 4. The molecule has 2 heterocycles. The van der Waals surface area contributed by atoms with Crippen molar-refractivity contribution >= 4 is 51.2 Å². The van der Waals surface area contributed by atoms with E-state index in [0.29, 0.717) is 25.8 Å². The average molecular weight is 339 g/mol. The van der Waals surface area contributed by atoms with Crippen molar-refractivity contribution in [3.63, 3.8) is 0 Å². The Kier molecular flexibility index (Phi) is 3.80. The molecular formula is C14H8Cl2N2O2S. The molecule has 0 amide bonds. The number of rotatable bonds is 3. The highest BCUT2D eigenvalue weighted by atomic mass is 35.5. The smallest absolute Gasteiger partial charge is 0.261 e.